The number of aliphatic hydroxyl groups excluding tert-OH is 1. The standard InChI is InChI=1S/C23H34O8/c1-5-11-27-21-19(24)20(28-13-17-9-7-6-8-10-17)23(31-21,15-26-16-25-4)12-18-14-29-22(2,3)30-18/h5-10,18-21,24H,1,11-16H2,2-4H3/t18?,19-,20-,21-,23-/m1/s1. The zero-order valence-corrected chi connectivity index (χ0v) is 18.5. The van der Waals surface area contributed by atoms with Crippen LogP contribution in [0.5, 0.6) is 0 Å². The van der Waals surface area contributed by atoms with Gasteiger partial charge in [0.2, 0.25) is 0 Å². The minimum absolute atomic E-state index is 0.0817. The Morgan fingerprint density at radius 2 is 1.97 bits per heavy atom. The van der Waals surface area contributed by atoms with Gasteiger partial charge in [0.1, 0.15) is 24.6 Å². The summed E-state index contributed by atoms with van der Waals surface area (Å²) in [5, 5.41) is 11.1. The molecule has 8 heteroatoms. The van der Waals surface area contributed by atoms with Crippen molar-refractivity contribution in [3.8, 4) is 0 Å². The SMILES string of the molecule is C=CCO[C@@H]1O[C@@](COCOC)(CC2COC(C)(C)O2)[C@H](OCc2ccccc2)[C@H]1O. The Morgan fingerprint density at radius 3 is 2.61 bits per heavy atom. The number of aliphatic hydroxyl groups is 1. The van der Waals surface area contributed by atoms with Gasteiger partial charge in [-0.3, -0.25) is 0 Å². The molecule has 0 amide bonds. The van der Waals surface area contributed by atoms with Gasteiger partial charge in [0.05, 0.1) is 32.5 Å². The molecule has 31 heavy (non-hydrogen) atoms. The summed E-state index contributed by atoms with van der Waals surface area (Å²) in [6, 6.07) is 9.76. The molecule has 0 radical (unpaired) electrons. The summed E-state index contributed by atoms with van der Waals surface area (Å²) in [4.78, 5) is 0. The largest absolute Gasteiger partial charge is 0.385 e. The lowest BCUT2D eigenvalue weighted by atomic mass is 9.89. The van der Waals surface area contributed by atoms with E-state index in [-0.39, 0.29) is 26.1 Å². The van der Waals surface area contributed by atoms with Crippen LogP contribution in [0.4, 0.5) is 0 Å². The fourth-order valence-electron chi connectivity index (χ4n) is 4.01. The maximum absolute atomic E-state index is 11.1. The van der Waals surface area contributed by atoms with Gasteiger partial charge in [0.25, 0.3) is 0 Å². The molecule has 2 saturated heterocycles. The Hall–Kier alpha value is -1.36. The first-order chi connectivity index (χ1) is 14.9. The predicted molar refractivity (Wildman–Crippen MR) is 112 cm³/mol. The number of hydrogen-bond donors (Lipinski definition) is 1. The number of ether oxygens (including phenoxy) is 7. The van der Waals surface area contributed by atoms with Crippen molar-refractivity contribution in [3.63, 3.8) is 0 Å². The second kappa shape index (κ2) is 11.0. The summed E-state index contributed by atoms with van der Waals surface area (Å²) >= 11 is 0. The van der Waals surface area contributed by atoms with E-state index in [1.54, 1.807) is 13.2 Å². The second-order valence-electron chi connectivity index (χ2n) is 8.29. The van der Waals surface area contributed by atoms with E-state index in [1.165, 1.54) is 0 Å². The molecule has 0 saturated carbocycles. The van der Waals surface area contributed by atoms with Crippen molar-refractivity contribution in [1.29, 1.82) is 0 Å². The molecule has 174 valence electrons. The molecule has 0 bridgehead atoms. The molecule has 0 aliphatic carbocycles. The van der Waals surface area contributed by atoms with Crippen molar-refractivity contribution < 1.29 is 38.3 Å². The van der Waals surface area contributed by atoms with Crippen molar-refractivity contribution in [1.82, 2.24) is 0 Å². The van der Waals surface area contributed by atoms with Crippen molar-refractivity contribution in [2.75, 3.05) is 33.7 Å². The Bertz CT molecular complexity index is 681. The van der Waals surface area contributed by atoms with Gasteiger partial charge < -0.3 is 38.3 Å². The quantitative estimate of drug-likeness (QED) is 0.303. The molecule has 3 rings (SSSR count). The zero-order chi connectivity index (χ0) is 22.3. The Balaban J connectivity index is 1.82. The molecule has 2 aliphatic rings. The van der Waals surface area contributed by atoms with Gasteiger partial charge in [-0.05, 0) is 19.4 Å². The third-order valence-electron chi connectivity index (χ3n) is 5.30. The highest BCUT2D eigenvalue weighted by Crippen LogP contribution is 2.41. The van der Waals surface area contributed by atoms with Gasteiger partial charge in [-0.15, -0.1) is 6.58 Å². The second-order valence-corrected chi connectivity index (χ2v) is 8.29. The fraction of sp³-hybridized carbons (Fsp3) is 0.652. The summed E-state index contributed by atoms with van der Waals surface area (Å²) < 4.78 is 40.7. The van der Waals surface area contributed by atoms with E-state index in [4.69, 9.17) is 33.2 Å². The van der Waals surface area contributed by atoms with Gasteiger partial charge in [0.15, 0.2) is 12.1 Å². The molecule has 2 fully saturated rings. The van der Waals surface area contributed by atoms with Crippen LogP contribution in [-0.4, -0.2) is 74.8 Å². The van der Waals surface area contributed by atoms with E-state index in [9.17, 15) is 5.11 Å². The Kier molecular flexibility index (Phi) is 8.60. The summed E-state index contributed by atoms with van der Waals surface area (Å²) in [5.74, 6) is -0.685. The maximum atomic E-state index is 11.1. The normalized spacial score (nSPS) is 32.4. The first kappa shape index (κ1) is 24.3. The number of hydrogen-bond acceptors (Lipinski definition) is 8. The van der Waals surface area contributed by atoms with Crippen molar-refractivity contribution >= 4 is 0 Å². The lowest BCUT2D eigenvalue weighted by Gasteiger charge is -2.36. The molecule has 2 heterocycles. The Morgan fingerprint density at radius 1 is 1.19 bits per heavy atom. The summed E-state index contributed by atoms with van der Waals surface area (Å²) in [5.41, 5.74) is -0.0361. The van der Waals surface area contributed by atoms with Gasteiger partial charge in [-0.2, -0.15) is 0 Å². The van der Waals surface area contributed by atoms with Crippen LogP contribution in [0.2, 0.25) is 0 Å². The molecule has 0 aromatic heterocycles. The minimum Gasteiger partial charge on any atom is -0.385 e. The van der Waals surface area contributed by atoms with Gasteiger partial charge in [-0.1, -0.05) is 36.4 Å². The summed E-state index contributed by atoms with van der Waals surface area (Å²) in [7, 11) is 1.55. The van der Waals surface area contributed by atoms with Crippen LogP contribution in [0, 0.1) is 0 Å². The van der Waals surface area contributed by atoms with E-state index in [0.29, 0.717) is 19.6 Å². The van der Waals surface area contributed by atoms with E-state index in [2.05, 4.69) is 6.58 Å². The number of benzene rings is 1. The lowest BCUT2D eigenvalue weighted by Crippen LogP contribution is -2.51. The predicted octanol–water partition coefficient (Wildman–Crippen LogP) is 2.39. The molecule has 1 N–H and O–H groups in total. The molecule has 1 aromatic rings. The summed E-state index contributed by atoms with van der Waals surface area (Å²) in [6.45, 7) is 8.56. The molecule has 0 spiro atoms. The van der Waals surface area contributed by atoms with Crippen LogP contribution in [0.1, 0.15) is 25.8 Å². The highest BCUT2D eigenvalue weighted by atomic mass is 16.8. The van der Waals surface area contributed by atoms with Gasteiger partial charge >= 0.3 is 0 Å². The highest BCUT2D eigenvalue weighted by Gasteiger charge is 2.58. The third kappa shape index (κ3) is 6.34. The highest BCUT2D eigenvalue weighted by molar-refractivity contribution is 5.14. The zero-order valence-electron chi connectivity index (χ0n) is 18.5. The van der Waals surface area contributed by atoms with E-state index in [0.717, 1.165) is 5.56 Å². The molecular formula is C23H34O8. The van der Waals surface area contributed by atoms with Crippen LogP contribution in [-0.2, 0) is 39.8 Å². The Labute approximate surface area is 184 Å². The molecule has 1 aromatic carbocycles. The van der Waals surface area contributed by atoms with Crippen molar-refractivity contribution in [2.24, 2.45) is 0 Å². The number of methoxy groups -OCH3 is 1. The van der Waals surface area contributed by atoms with Gasteiger partial charge in [0, 0.05) is 13.5 Å². The summed E-state index contributed by atoms with van der Waals surface area (Å²) in [6.07, 6.45) is -0.885. The first-order valence-corrected chi connectivity index (χ1v) is 10.5. The molecule has 8 nitrogen and oxygen atoms in total. The van der Waals surface area contributed by atoms with Crippen LogP contribution >= 0.6 is 0 Å². The fourth-order valence-corrected chi connectivity index (χ4v) is 4.01. The lowest BCUT2D eigenvalue weighted by molar-refractivity contribution is -0.222. The van der Waals surface area contributed by atoms with Crippen LogP contribution in [0.3, 0.4) is 0 Å². The number of rotatable bonds is 12. The third-order valence-corrected chi connectivity index (χ3v) is 5.30. The molecule has 5 atom stereocenters. The van der Waals surface area contributed by atoms with Crippen molar-refractivity contribution in [3.05, 3.63) is 48.6 Å². The molecule has 2 aliphatic heterocycles. The van der Waals surface area contributed by atoms with E-state index >= 15 is 0 Å². The van der Waals surface area contributed by atoms with Crippen molar-refractivity contribution in [2.45, 2.75) is 62.9 Å². The van der Waals surface area contributed by atoms with E-state index < -0.39 is 29.9 Å². The topological polar surface area (TPSA) is 84.8 Å². The van der Waals surface area contributed by atoms with Crippen LogP contribution in [0.25, 0.3) is 0 Å². The minimum atomic E-state index is -1.02. The van der Waals surface area contributed by atoms with Gasteiger partial charge in [-0.25, -0.2) is 0 Å². The molecule has 1 unspecified atom stereocenters. The average molecular weight is 439 g/mol. The van der Waals surface area contributed by atoms with Crippen LogP contribution in [0.15, 0.2) is 43.0 Å². The molecular weight excluding hydrogens is 404 g/mol. The maximum Gasteiger partial charge on any atom is 0.187 e. The smallest absolute Gasteiger partial charge is 0.187 e. The van der Waals surface area contributed by atoms with E-state index in [1.807, 2.05) is 44.2 Å². The average Bonchev–Trinajstić information content (AvgIpc) is 3.22. The first-order valence-electron chi connectivity index (χ1n) is 10.5. The van der Waals surface area contributed by atoms with Crippen LogP contribution < -0.4 is 0 Å². The monoisotopic (exact) mass is 438 g/mol.